The number of aryl methyl sites for hydroxylation is 1. The lowest BCUT2D eigenvalue weighted by Crippen LogP contribution is -1.91. The van der Waals surface area contributed by atoms with Gasteiger partial charge >= 0.3 is 0 Å². The van der Waals surface area contributed by atoms with E-state index in [0.717, 1.165) is 20.5 Å². The molecule has 0 aliphatic carbocycles. The van der Waals surface area contributed by atoms with Gasteiger partial charge in [0.2, 0.25) is 0 Å². The second-order valence-electron chi connectivity index (χ2n) is 3.42. The van der Waals surface area contributed by atoms with E-state index in [4.69, 9.17) is 17.3 Å². The molecule has 1 aromatic heterocycles. The van der Waals surface area contributed by atoms with Crippen molar-refractivity contribution < 1.29 is 0 Å². The van der Waals surface area contributed by atoms with Crippen molar-refractivity contribution in [1.29, 1.82) is 0 Å². The number of pyridine rings is 1. The van der Waals surface area contributed by atoms with Gasteiger partial charge in [-0.05, 0) is 30.7 Å². The molecule has 0 unspecified atom stereocenters. The fraction of sp³-hybridized carbons (Fsp3) is 0.0833. The summed E-state index contributed by atoms with van der Waals surface area (Å²) >= 11 is 7.64. The van der Waals surface area contributed by atoms with E-state index in [1.807, 2.05) is 37.3 Å². The molecule has 0 amide bonds. The zero-order valence-corrected chi connectivity index (χ0v) is 10.3. The van der Waals surface area contributed by atoms with Gasteiger partial charge in [0.05, 0.1) is 16.9 Å². The molecule has 2 aromatic rings. The van der Waals surface area contributed by atoms with Crippen molar-refractivity contribution in [3.63, 3.8) is 0 Å². The van der Waals surface area contributed by atoms with Gasteiger partial charge in [0.25, 0.3) is 0 Å². The maximum absolute atomic E-state index is 6.08. The van der Waals surface area contributed by atoms with Crippen molar-refractivity contribution in [2.24, 2.45) is 0 Å². The Balaban J connectivity index is 2.31. The summed E-state index contributed by atoms with van der Waals surface area (Å²) in [5.74, 6) is 0. The highest BCUT2D eigenvalue weighted by molar-refractivity contribution is 7.99. The molecule has 0 bridgehead atoms. The number of hydrogen-bond acceptors (Lipinski definition) is 3. The van der Waals surface area contributed by atoms with E-state index >= 15 is 0 Å². The number of rotatable bonds is 2. The van der Waals surface area contributed by atoms with Crippen molar-refractivity contribution in [3.05, 3.63) is 47.1 Å². The van der Waals surface area contributed by atoms with Crippen LogP contribution in [0.15, 0.2) is 46.5 Å². The Morgan fingerprint density at radius 1 is 1.31 bits per heavy atom. The van der Waals surface area contributed by atoms with Crippen LogP contribution in [0.25, 0.3) is 0 Å². The molecule has 0 saturated heterocycles. The molecule has 0 fully saturated rings. The molecule has 0 aliphatic heterocycles. The fourth-order valence-electron chi connectivity index (χ4n) is 1.32. The standard InChI is InChI=1S/C12H11ClN2S/c1-8-6-9(14)7-15-12(8)16-11-5-3-2-4-10(11)13/h2-7H,14H2,1H3. The van der Waals surface area contributed by atoms with Crippen LogP contribution in [0.5, 0.6) is 0 Å². The van der Waals surface area contributed by atoms with Crippen molar-refractivity contribution >= 4 is 29.1 Å². The van der Waals surface area contributed by atoms with E-state index in [1.54, 1.807) is 18.0 Å². The maximum atomic E-state index is 6.08. The van der Waals surface area contributed by atoms with Crippen LogP contribution in [0.3, 0.4) is 0 Å². The summed E-state index contributed by atoms with van der Waals surface area (Å²) < 4.78 is 0. The molecule has 82 valence electrons. The molecule has 0 aliphatic rings. The largest absolute Gasteiger partial charge is 0.397 e. The molecule has 2 nitrogen and oxygen atoms in total. The Labute approximate surface area is 104 Å². The predicted molar refractivity (Wildman–Crippen MR) is 69.0 cm³/mol. The number of anilines is 1. The second kappa shape index (κ2) is 4.76. The number of aromatic nitrogens is 1. The van der Waals surface area contributed by atoms with Gasteiger partial charge in [0.1, 0.15) is 5.03 Å². The highest BCUT2D eigenvalue weighted by Crippen LogP contribution is 2.33. The van der Waals surface area contributed by atoms with E-state index in [0.29, 0.717) is 5.69 Å². The quantitative estimate of drug-likeness (QED) is 0.882. The van der Waals surface area contributed by atoms with Gasteiger partial charge in [-0.2, -0.15) is 0 Å². The van der Waals surface area contributed by atoms with E-state index in [-0.39, 0.29) is 0 Å². The number of hydrogen-bond donors (Lipinski definition) is 1. The summed E-state index contributed by atoms with van der Waals surface area (Å²) in [7, 11) is 0. The second-order valence-corrected chi connectivity index (χ2v) is 4.86. The highest BCUT2D eigenvalue weighted by Gasteiger charge is 2.05. The monoisotopic (exact) mass is 250 g/mol. The number of halogens is 1. The van der Waals surface area contributed by atoms with Crippen LogP contribution in [0.2, 0.25) is 5.02 Å². The highest BCUT2D eigenvalue weighted by atomic mass is 35.5. The van der Waals surface area contributed by atoms with Crippen LogP contribution in [0.1, 0.15) is 5.56 Å². The van der Waals surface area contributed by atoms with Crippen LogP contribution in [-0.2, 0) is 0 Å². The Kier molecular flexibility index (Phi) is 3.36. The Morgan fingerprint density at radius 3 is 2.75 bits per heavy atom. The number of benzene rings is 1. The predicted octanol–water partition coefficient (Wildman–Crippen LogP) is 3.78. The minimum Gasteiger partial charge on any atom is -0.397 e. The molecule has 1 aromatic carbocycles. The lowest BCUT2D eigenvalue weighted by atomic mass is 10.3. The molecular weight excluding hydrogens is 240 g/mol. The first-order valence-corrected chi connectivity index (χ1v) is 6.01. The smallest absolute Gasteiger partial charge is 0.104 e. The number of nitrogens with zero attached hydrogens (tertiary/aromatic N) is 1. The molecule has 4 heteroatoms. The number of nitrogen functional groups attached to an aromatic ring is 1. The van der Waals surface area contributed by atoms with Gasteiger partial charge in [-0.25, -0.2) is 4.98 Å². The average molecular weight is 251 g/mol. The van der Waals surface area contributed by atoms with Crippen molar-refractivity contribution in [2.45, 2.75) is 16.8 Å². The van der Waals surface area contributed by atoms with E-state index in [2.05, 4.69) is 4.98 Å². The first kappa shape index (κ1) is 11.3. The van der Waals surface area contributed by atoms with E-state index < -0.39 is 0 Å². The van der Waals surface area contributed by atoms with Crippen molar-refractivity contribution in [1.82, 2.24) is 4.98 Å². The molecule has 2 rings (SSSR count). The summed E-state index contributed by atoms with van der Waals surface area (Å²) in [5.41, 5.74) is 7.39. The van der Waals surface area contributed by atoms with Gasteiger partial charge in [0, 0.05) is 4.90 Å². The first-order valence-electron chi connectivity index (χ1n) is 4.81. The Bertz CT molecular complexity index is 514. The summed E-state index contributed by atoms with van der Waals surface area (Å²) in [6.45, 7) is 1.99. The summed E-state index contributed by atoms with van der Waals surface area (Å²) in [5, 5.41) is 1.67. The van der Waals surface area contributed by atoms with Gasteiger partial charge in [0.15, 0.2) is 0 Å². The molecule has 1 heterocycles. The molecule has 0 radical (unpaired) electrons. The summed E-state index contributed by atoms with van der Waals surface area (Å²) in [6, 6.07) is 9.63. The minimum atomic E-state index is 0.681. The van der Waals surface area contributed by atoms with Gasteiger partial charge in [-0.1, -0.05) is 35.5 Å². The molecular formula is C12H11ClN2S. The van der Waals surface area contributed by atoms with Crippen molar-refractivity contribution in [2.75, 3.05) is 5.73 Å². The van der Waals surface area contributed by atoms with Gasteiger partial charge < -0.3 is 5.73 Å². The van der Waals surface area contributed by atoms with Crippen LogP contribution in [0.4, 0.5) is 5.69 Å². The average Bonchev–Trinajstić information content (AvgIpc) is 2.25. The minimum absolute atomic E-state index is 0.681. The lowest BCUT2D eigenvalue weighted by Gasteiger charge is -2.06. The summed E-state index contributed by atoms with van der Waals surface area (Å²) in [6.07, 6.45) is 1.66. The fourth-order valence-corrected chi connectivity index (χ4v) is 2.42. The number of nitrogens with two attached hydrogens (primary N) is 1. The van der Waals surface area contributed by atoms with Gasteiger partial charge in [-0.3, -0.25) is 0 Å². The lowest BCUT2D eigenvalue weighted by molar-refractivity contribution is 1.08. The zero-order valence-electron chi connectivity index (χ0n) is 8.77. The summed E-state index contributed by atoms with van der Waals surface area (Å²) in [4.78, 5) is 5.30. The van der Waals surface area contributed by atoms with Crippen molar-refractivity contribution in [3.8, 4) is 0 Å². The van der Waals surface area contributed by atoms with E-state index in [9.17, 15) is 0 Å². The third kappa shape index (κ3) is 2.49. The third-order valence-electron chi connectivity index (χ3n) is 2.09. The molecule has 0 spiro atoms. The molecule has 2 N–H and O–H groups in total. The van der Waals surface area contributed by atoms with Crippen LogP contribution in [-0.4, -0.2) is 4.98 Å². The van der Waals surface area contributed by atoms with Crippen LogP contribution < -0.4 is 5.73 Å². The van der Waals surface area contributed by atoms with Crippen LogP contribution in [0, 0.1) is 6.92 Å². The van der Waals surface area contributed by atoms with Crippen LogP contribution >= 0.6 is 23.4 Å². The molecule has 0 atom stereocenters. The van der Waals surface area contributed by atoms with E-state index in [1.165, 1.54) is 0 Å². The third-order valence-corrected chi connectivity index (χ3v) is 3.73. The maximum Gasteiger partial charge on any atom is 0.104 e. The first-order chi connectivity index (χ1) is 7.66. The van der Waals surface area contributed by atoms with Gasteiger partial charge in [-0.15, -0.1) is 0 Å². The SMILES string of the molecule is Cc1cc(N)cnc1Sc1ccccc1Cl. The topological polar surface area (TPSA) is 38.9 Å². The molecule has 16 heavy (non-hydrogen) atoms. The normalized spacial score (nSPS) is 10.4. The Hall–Kier alpha value is -1.19. The zero-order chi connectivity index (χ0) is 11.5. The Morgan fingerprint density at radius 2 is 2.06 bits per heavy atom. The molecule has 0 saturated carbocycles.